The van der Waals surface area contributed by atoms with E-state index in [0.717, 1.165) is 26.2 Å². The first-order valence-corrected chi connectivity index (χ1v) is 7.25. The molecule has 20 heavy (non-hydrogen) atoms. The highest BCUT2D eigenvalue weighted by atomic mass is 15.2. The second-order valence-corrected chi connectivity index (χ2v) is 5.60. The van der Waals surface area contributed by atoms with Crippen LogP contribution in [-0.4, -0.2) is 38.1 Å². The summed E-state index contributed by atoms with van der Waals surface area (Å²) in [6, 6.07) is 18.4. The van der Waals surface area contributed by atoms with Crippen LogP contribution in [0, 0.1) is 13.0 Å². The molecule has 103 valence electrons. The zero-order valence-electron chi connectivity index (χ0n) is 12.3. The lowest BCUT2D eigenvalue weighted by atomic mass is 10.0. The lowest BCUT2D eigenvalue weighted by Gasteiger charge is -2.34. The van der Waals surface area contributed by atoms with Gasteiger partial charge in [-0.05, 0) is 48.9 Å². The summed E-state index contributed by atoms with van der Waals surface area (Å²) >= 11 is 0. The SMILES string of the molecule is Cc1[c]ccc(-c2ccc(N3CCN(C)CC3)cc2)c1. The predicted octanol–water partition coefficient (Wildman–Crippen LogP) is 3.21. The molecule has 0 N–H and O–H groups in total. The number of piperazine rings is 1. The van der Waals surface area contributed by atoms with Crippen LogP contribution in [0.1, 0.15) is 5.56 Å². The Morgan fingerprint density at radius 1 is 0.900 bits per heavy atom. The van der Waals surface area contributed by atoms with Gasteiger partial charge in [0.25, 0.3) is 0 Å². The van der Waals surface area contributed by atoms with Crippen LogP contribution in [0.5, 0.6) is 0 Å². The van der Waals surface area contributed by atoms with Gasteiger partial charge in [-0.3, -0.25) is 0 Å². The first kappa shape index (κ1) is 13.2. The van der Waals surface area contributed by atoms with E-state index in [2.05, 4.69) is 66.2 Å². The lowest BCUT2D eigenvalue weighted by molar-refractivity contribution is 0.313. The summed E-state index contributed by atoms with van der Waals surface area (Å²) in [4.78, 5) is 4.85. The molecule has 0 aromatic heterocycles. The quantitative estimate of drug-likeness (QED) is 0.822. The van der Waals surface area contributed by atoms with E-state index in [1.165, 1.54) is 22.4 Å². The Balaban J connectivity index is 1.78. The molecular formula is C18H21N2. The Labute approximate surface area is 121 Å². The first-order chi connectivity index (χ1) is 9.72. The molecule has 1 saturated heterocycles. The highest BCUT2D eigenvalue weighted by Gasteiger charge is 2.13. The van der Waals surface area contributed by atoms with Crippen LogP contribution in [0.3, 0.4) is 0 Å². The summed E-state index contributed by atoms with van der Waals surface area (Å²) in [5.41, 5.74) is 5.07. The van der Waals surface area contributed by atoms with Crippen molar-refractivity contribution in [3.05, 3.63) is 54.1 Å². The van der Waals surface area contributed by atoms with Crippen molar-refractivity contribution in [3.8, 4) is 11.1 Å². The molecule has 1 aliphatic rings. The summed E-state index contributed by atoms with van der Waals surface area (Å²) in [7, 11) is 2.19. The van der Waals surface area contributed by atoms with Gasteiger partial charge in [-0.2, -0.15) is 0 Å². The molecule has 1 fully saturated rings. The van der Waals surface area contributed by atoms with Gasteiger partial charge in [0.05, 0.1) is 0 Å². The van der Waals surface area contributed by atoms with Gasteiger partial charge in [-0.15, -0.1) is 0 Å². The van der Waals surface area contributed by atoms with Crippen LogP contribution in [0.15, 0.2) is 42.5 Å². The Kier molecular flexibility index (Phi) is 3.75. The van der Waals surface area contributed by atoms with E-state index in [1.54, 1.807) is 0 Å². The number of anilines is 1. The Morgan fingerprint density at radius 2 is 1.60 bits per heavy atom. The van der Waals surface area contributed by atoms with Crippen molar-refractivity contribution in [1.82, 2.24) is 4.90 Å². The average molecular weight is 265 g/mol. The van der Waals surface area contributed by atoms with E-state index in [9.17, 15) is 0 Å². The molecule has 0 saturated carbocycles. The number of hydrogen-bond acceptors (Lipinski definition) is 2. The summed E-state index contributed by atoms with van der Waals surface area (Å²) in [6.07, 6.45) is 0. The molecule has 0 amide bonds. The van der Waals surface area contributed by atoms with Gasteiger partial charge in [0.15, 0.2) is 0 Å². The van der Waals surface area contributed by atoms with E-state index in [0.29, 0.717) is 0 Å². The monoisotopic (exact) mass is 265 g/mol. The van der Waals surface area contributed by atoms with Crippen molar-refractivity contribution in [2.45, 2.75) is 6.92 Å². The maximum absolute atomic E-state index is 3.20. The zero-order valence-corrected chi connectivity index (χ0v) is 12.3. The molecule has 2 nitrogen and oxygen atoms in total. The third-order valence-corrected chi connectivity index (χ3v) is 4.01. The van der Waals surface area contributed by atoms with E-state index in [-0.39, 0.29) is 0 Å². The number of hydrogen-bond donors (Lipinski definition) is 0. The fourth-order valence-electron chi connectivity index (χ4n) is 2.69. The smallest absolute Gasteiger partial charge is 0.0367 e. The molecule has 0 aliphatic carbocycles. The van der Waals surface area contributed by atoms with Crippen molar-refractivity contribution in [3.63, 3.8) is 0 Å². The molecule has 0 spiro atoms. The molecule has 1 radical (unpaired) electrons. The standard InChI is InChI=1S/C18H21N2/c1-15-4-3-5-17(14-15)16-6-8-18(9-7-16)20-12-10-19(2)11-13-20/h3,5-9,14H,10-13H2,1-2H3. The second-order valence-electron chi connectivity index (χ2n) is 5.60. The van der Waals surface area contributed by atoms with E-state index < -0.39 is 0 Å². The fourth-order valence-corrected chi connectivity index (χ4v) is 2.69. The molecule has 0 atom stereocenters. The van der Waals surface area contributed by atoms with Gasteiger partial charge < -0.3 is 9.80 Å². The molecule has 2 aromatic rings. The highest BCUT2D eigenvalue weighted by Crippen LogP contribution is 2.24. The molecule has 1 aliphatic heterocycles. The predicted molar refractivity (Wildman–Crippen MR) is 85.2 cm³/mol. The van der Waals surface area contributed by atoms with Crippen LogP contribution in [-0.2, 0) is 0 Å². The van der Waals surface area contributed by atoms with Crippen molar-refractivity contribution in [2.24, 2.45) is 0 Å². The zero-order chi connectivity index (χ0) is 13.9. The summed E-state index contributed by atoms with van der Waals surface area (Å²) in [5, 5.41) is 0. The lowest BCUT2D eigenvalue weighted by Crippen LogP contribution is -2.44. The summed E-state index contributed by atoms with van der Waals surface area (Å²) < 4.78 is 0. The summed E-state index contributed by atoms with van der Waals surface area (Å²) in [5.74, 6) is 0. The van der Waals surface area contributed by atoms with E-state index in [1.807, 2.05) is 6.07 Å². The van der Waals surface area contributed by atoms with E-state index in [4.69, 9.17) is 0 Å². The number of benzene rings is 2. The Bertz CT molecular complexity index is 566. The highest BCUT2D eigenvalue weighted by molar-refractivity contribution is 5.66. The van der Waals surface area contributed by atoms with Crippen molar-refractivity contribution in [2.75, 3.05) is 38.1 Å². The number of likely N-dealkylation sites (N-methyl/N-ethyl adjacent to an activating group) is 1. The third kappa shape index (κ3) is 2.86. The number of rotatable bonds is 2. The Hall–Kier alpha value is -1.80. The molecule has 0 unspecified atom stereocenters. The Morgan fingerprint density at radius 3 is 2.25 bits per heavy atom. The van der Waals surface area contributed by atoms with Gasteiger partial charge in [-0.1, -0.05) is 30.3 Å². The van der Waals surface area contributed by atoms with Crippen molar-refractivity contribution >= 4 is 5.69 Å². The largest absolute Gasteiger partial charge is 0.369 e. The minimum atomic E-state index is 1.12. The summed E-state index contributed by atoms with van der Waals surface area (Å²) in [6.45, 7) is 6.62. The number of nitrogens with zero attached hydrogens (tertiary/aromatic N) is 2. The average Bonchev–Trinajstić information content (AvgIpc) is 2.48. The third-order valence-electron chi connectivity index (χ3n) is 4.01. The first-order valence-electron chi connectivity index (χ1n) is 7.25. The van der Waals surface area contributed by atoms with Crippen LogP contribution < -0.4 is 4.90 Å². The minimum absolute atomic E-state index is 1.12. The van der Waals surface area contributed by atoms with Crippen molar-refractivity contribution < 1.29 is 0 Å². The van der Waals surface area contributed by atoms with E-state index >= 15 is 0 Å². The normalized spacial score (nSPS) is 16.4. The van der Waals surface area contributed by atoms with Gasteiger partial charge >= 0.3 is 0 Å². The minimum Gasteiger partial charge on any atom is -0.369 e. The topological polar surface area (TPSA) is 6.48 Å². The second kappa shape index (κ2) is 5.68. The fraction of sp³-hybridized carbons (Fsp3) is 0.333. The van der Waals surface area contributed by atoms with Gasteiger partial charge in [0.2, 0.25) is 0 Å². The molecule has 2 aromatic carbocycles. The molecule has 2 heteroatoms. The molecule has 1 heterocycles. The maximum Gasteiger partial charge on any atom is 0.0367 e. The van der Waals surface area contributed by atoms with Gasteiger partial charge in [0.1, 0.15) is 0 Å². The van der Waals surface area contributed by atoms with Crippen molar-refractivity contribution in [1.29, 1.82) is 0 Å². The molecular weight excluding hydrogens is 244 g/mol. The van der Waals surface area contributed by atoms with Crippen LogP contribution in [0.4, 0.5) is 5.69 Å². The van der Waals surface area contributed by atoms with Gasteiger partial charge in [-0.25, -0.2) is 0 Å². The van der Waals surface area contributed by atoms with Gasteiger partial charge in [0, 0.05) is 31.9 Å². The van der Waals surface area contributed by atoms with Crippen LogP contribution in [0.2, 0.25) is 0 Å². The maximum atomic E-state index is 3.20. The number of aryl methyl sites for hydroxylation is 1. The molecule has 3 rings (SSSR count). The van der Waals surface area contributed by atoms with Crippen LogP contribution in [0.25, 0.3) is 11.1 Å². The van der Waals surface area contributed by atoms with Crippen LogP contribution >= 0.6 is 0 Å². The molecule has 0 bridgehead atoms.